The number of fused-ring (bicyclic) bond motifs is 2. The molecule has 2 N–H and O–H groups in total. The molecular formula is C20H20IN3O2. The summed E-state index contributed by atoms with van der Waals surface area (Å²) in [6, 6.07) is 8.36. The Bertz CT molecular complexity index is 959. The number of nitrogen functional groups attached to an aromatic ring is 1. The third kappa shape index (κ3) is 2.11. The Balaban J connectivity index is 1.64. The zero-order valence-corrected chi connectivity index (χ0v) is 16.7. The minimum Gasteiger partial charge on any atom is -0.397 e. The largest absolute Gasteiger partial charge is 0.397 e. The molecule has 0 spiro atoms. The van der Waals surface area contributed by atoms with Crippen LogP contribution in [0.2, 0.25) is 0 Å². The highest BCUT2D eigenvalue weighted by Crippen LogP contribution is 2.41. The standard InChI is InChI=1S/C20H20IN3O2/c1-23-10-5-6-11(23)8-12(7-10)24-19(25)14-4-2-3-13-17(14)15(20(24)26)9-16(21)18(13)22/h2-4,9-12H,5-8,22H2,1H3. The van der Waals surface area contributed by atoms with Gasteiger partial charge in [0, 0.05) is 43.6 Å². The molecule has 5 nitrogen and oxygen atoms in total. The predicted molar refractivity (Wildman–Crippen MR) is 109 cm³/mol. The van der Waals surface area contributed by atoms with E-state index in [1.54, 1.807) is 4.90 Å². The van der Waals surface area contributed by atoms with Crippen molar-refractivity contribution in [1.29, 1.82) is 0 Å². The number of nitrogens with two attached hydrogens (primary N) is 1. The first-order chi connectivity index (χ1) is 12.5. The molecule has 134 valence electrons. The summed E-state index contributed by atoms with van der Waals surface area (Å²) >= 11 is 2.17. The van der Waals surface area contributed by atoms with Crippen molar-refractivity contribution < 1.29 is 9.59 Å². The van der Waals surface area contributed by atoms with Gasteiger partial charge < -0.3 is 10.6 Å². The Hall–Kier alpha value is -1.67. The first-order valence-corrected chi connectivity index (χ1v) is 10.2. The molecule has 5 rings (SSSR count). The van der Waals surface area contributed by atoms with Crippen molar-refractivity contribution in [3.63, 3.8) is 0 Å². The second kappa shape index (κ2) is 5.66. The smallest absolute Gasteiger partial charge is 0.261 e. The number of rotatable bonds is 1. The zero-order chi connectivity index (χ0) is 18.2. The first kappa shape index (κ1) is 16.5. The van der Waals surface area contributed by atoms with E-state index in [1.807, 2.05) is 24.3 Å². The number of hydrogen-bond acceptors (Lipinski definition) is 4. The third-order valence-corrected chi connectivity index (χ3v) is 7.38. The maximum atomic E-state index is 13.3. The fourth-order valence-electron chi connectivity index (χ4n) is 5.10. The Morgan fingerprint density at radius 2 is 1.69 bits per heavy atom. The van der Waals surface area contributed by atoms with Crippen LogP contribution < -0.4 is 5.73 Å². The van der Waals surface area contributed by atoms with Gasteiger partial charge in [0.2, 0.25) is 0 Å². The highest BCUT2D eigenvalue weighted by molar-refractivity contribution is 14.1. The third-order valence-electron chi connectivity index (χ3n) is 6.49. The summed E-state index contributed by atoms with van der Waals surface area (Å²) in [4.78, 5) is 30.6. The molecule has 2 aromatic carbocycles. The quantitative estimate of drug-likeness (QED) is 0.403. The minimum atomic E-state index is -0.164. The van der Waals surface area contributed by atoms with Crippen LogP contribution in [0.5, 0.6) is 0 Å². The number of piperidine rings is 1. The van der Waals surface area contributed by atoms with Crippen molar-refractivity contribution >= 4 is 50.9 Å². The van der Waals surface area contributed by atoms with E-state index in [0.29, 0.717) is 34.3 Å². The lowest BCUT2D eigenvalue weighted by Crippen LogP contribution is -2.54. The average Bonchev–Trinajstić information content (AvgIpc) is 2.83. The summed E-state index contributed by atoms with van der Waals surface area (Å²) in [6.45, 7) is 0. The van der Waals surface area contributed by atoms with E-state index in [2.05, 4.69) is 34.5 Å². The van der Waals surface area contributed by atoms with Crippen molar-refractivity contribution in [2.24, 2.45) is 0 Å². The normalized spacial score (nSPS) is 28.2. The van der Waals surface area contributed by atoms with Gasteiger partial charge in [-0.3, -0.25) is 14.5 Å². The minimum absolute atomic E-state index is 0.0117. The molecule has 6 heteroatoms. The number of amides is 2. The molecule has 2 atom stereocenters. The second-order valence-electron chi connectivity index (χ2n) is 7.70. The van der Waals surface area contributed by atoms with Gasteiger partial charge in [-0.15, -0.1) is 0 Å². The van der Waals surface area contributed by atoms with Gasteiger partial charge in [0.05, 0.1) is 5.69 Å². The number of anilines is 1. The monoisotopic (exact) mass is 461 g/mol. The van der Waals surface area contributed by atoms with E-state index in [1.165, 1.54) is 0 Å². The summed E-state index contributed by atoms with van der Waals surface area (Å²) < 4.78 is 0.855. The molecule has 3 aliphatic heterocycles. The molecule has 2 saturated heterocycles. The highest BCUT2D eigenvalue weighted by Gasteiger charge is 2.45. The molecule has 2 unspecified atom stereocenters. The fourth-order valence-corrected chi connectivity index (χ4v) is 5.70. The van der Waals surface area contributed by atoms with Gasteiger partial charge in [-0.05, 0) is 67.5 Å². The molecule has 0 aliphatic carbocycles. The van der Waals surface area contributed by atoms with Crippen LogP contribution in [0.15, 0.2) is 24.3 Å². The highest BCUT2D eigenvalue weighted by atomic mass is 127. The molecule has 2 bridgehead atoms. The molecule has 2 aromatic rings. The molecule has 0 radical (unpaired) electrons. The molecule has 0 aromatic heterocycles. The lowest BCUT2D eigenvalue weighted by atomic mass is 9.89. The first-order valence-electron chi connectivity index (χ1n) is 9.08. The molecule has 2 fully saturated rings. The molecule has 26 heavy (non-hydrogen) atoms. The van der Waals surface area contributed by atoms with E-state index in [4.69, 9.17) is 5.73 Å². The van der Waals surface area contributed by atoms with E-state index in [9.17, 15) is 9.59 Å². The number of carbonyl (C=O) groups is 2. The summed E-state index contributed by atoms with van der Waals surface area (Å²) in [5, 5.41) is 1.52. The van der Waals surface area contributed by atoms with E-state index in [0.717, 1.165) is 34.6 Å². The summed E-state index contributed by atoms with van der Waals surface area (Å²) in [7, 11) is 2.17. The molecular weight excluding hydrogens is 441 g/mol. The molecule has 3 heterocycles. The maximum absolute atomic E-state index is 13.3. The van der Waals surface area contributed by atoms with Gasteiger partial charge in [-0.25, -0.2) is 0 Å². The van der Waals surface area contributed by atoms with Gasteiger partial charge >= 0.3 is 0 Å². The van der Waals surface area contributed by atoms with Gasteiger partial charge in [-0.1, -0.05) is 12.1 Å². The summed E-state index contributed by atoms with van der Waals surface area (Å²) in [5.41, 5.74) is 8.06. The van der Waals surface area contributed by atoms with Crippen LogP contribution in [-0.4, -0.2) is 46.8 Å². The van der Waals surface area contributed by atoms with Crippen LogP contribution in [0, 0.1) is 3.57 Å². The summed E-state index contributed by atoms with van der Waals surface area (Å²) in [5.74, 6) is -0.326. The van der Waals surface area contributed by atoms with Crippen LogP contribution in [0.25, 0.3) is 10.8 Å². The molecule has 3 aliphatic rings. The molecule has 0 saturated carbocycles. The van der Waals surface area contributed by atoms with Gasteiger partial charge in [0.25, 0.3) is 11.8 Å². The number of nitrogens with zero attached hydrogens (tertiary/aromatic N) is 2. The van der Waals surface area contributed by atoms with Crippen molar-refractivity contribution in [2.45, 2.75) is 43.8 Å². The maximum Gasteiger partial charge on any atom is 0.261 e. The number of hydrogen-bond donors (Lipinski definition) is 1. The van der Waals surface area contributed by atoms with E-state index >= 15 is 0 Å². The van der Waals surface area contributed by atoms with Gasteiger partial charge in [0.1, 0.15) is 0 Å². The van der Waals surface area contributed by atoms with Crippen LogP contribution in [-0.2, 0) is 0 Å². The SMILES string of the molecule is CN1C2CCC1CC(N1C(=O)c3cccc4c(N)c(I)cc(c34)C1=O)C2. The Morgan fingerprint density at radius 3 is 2.38 bits per heavy atom. The fraction of sp³-hybridized carbons (Fsp3) is 0.400. The van der Waals surface area contributed by atoms with E-state index < -0.39 is 0 Å². The Labute approximate surface area is 165 Å². The molecule has 2 amide bonds. The number of carbonyl (C=O) groups excluding carboxylic acids is 2. The Morgan fingerprint density at radius 1 is 1.04 bits per heavy atom. The van der Waals surface area contributed by atoms with Gasteiger partial charge in [0.15, 0.2) is 0 Å². The van der Waals surface area contributed by atoms with Gasteiger partial charge in [-0.2, -0.15) is 0 Å². The van der Waals surface area contributed by atoms with E-state index in [-0.39, 0.29) is 17.9 Å². The second-order valence-corrected chi connectivity index (χ2v) is 8.87. The van der Waals surface area contributed by atoms with Crippen LogP contribution in [0.1, 0.15) is 46.4 Å². The number of imide groups is 1. The van der Waals surface area contributed by atoms with Crippen molar-refractivity contribution in [2.75, 3.05) is 12.8 Å². The number of halogens is 1. The summed E-state index contributed by atoms with van der Waals surface area (Å²) in [6.07, 6.45) is 4.08. The lowest BCUT2D eigenvalue weighted by Gasteiger charge is -2.42. The number of benzene rings is 2. The van der Waals surface area contributed by atoms with Crippen LogP contribution in [0.4, 0.5) is 5.69 Å². The van der Waals surface area contributed by atoms with Crippen molar-refractivity contribution in [3.05, 3.63) is 39.0 Å². The van der Waals surface area contributed by atoms with Crippen molar-refractivity contribution in [3.8, 4) is 0 Å². The predicted octanol–water partition coefficient (Wildman–Crippen LogP) is 3.25. The van der Waals surface area contributed by atoms with Crippen LogP contribution >= 0.6 is 22.6 Å². The topological polar surface area (TPSA) is 66.6 Å². The Kier molecular flexibility index (Phi) is 3.59. The van der Waals surface area contributed by atoms with Crippen molar-refractivity contribution in [1.82, 2.24) is 9.80 Å². The average molecular weight is 461 g/mol. The van der Waals surface area contributed by atoms with Crippen LogP contribution in [0.3, 0.4) is 0 Å². The lowest BCUT2D eigenvalue weighted by molar-refractivity contribution is 0.0396. The zero-order valence-electron chi connectivity index (χ0n) is 14.5.